The minimum atomic E-state index is -4.28. The van der Waals surface area contributed by atoms with Gasteiger partial charge in [-0.15, -0.1) is 0 Å². The first-order chi connectivity index (χ1) is 62.8. The number of nitrogen functional groups attached to an aromatic ring is 3. The number of nitrogens with zero attached hydrogens (tertiary/aromatic N) is 12. The van der Waals surface area contributed by atoms with Gasteiger partial charge >= 0.3 is 65.0 Å². The Bertz CT molecular complexity index is 4870. The van der Waals surface area contributed by atoms with Crippen molar-refractivity contribution in [1.82, 2.24) is 89.1 Å². The van der Waals surface area contributed by atoms with E-state index in [-0.39, 0.29) is 143 Å². The molecule has 6 aromatic heterocycles. The van der Waals surface area contributed by atoms with Crippen LogP contribution < -0.4 is 61.9 Å². The Morgan fingerprint density at radius 2 is 0.634 bits per heavy atom. The van der Waals surface area contributed by atoms with E-state index < -0.39 is 193 Å². The molecule has 4 fully saturated rings. The molecule has 0 spiro atoms. The number of esters is 6. The standard InChI is InChI=1S/C27H42N7O11P.2C26H44N7O10P/c1-13(2)9-15(22(35)40-7)32-46(38,33-16(10-14(3)4)23(36)41-8)42-11-17-19-27(5,45-26(37)44-19)24(43-17)34-12-29-18-20(34)30-25(28)31-21(18)39-6;2*1-13(2)9-15(22(35)40-7)31-44(38,32-16(10-14(3)4)23(36)41-8)42-11-17-19(34)26(5,37)24(43-17)33-12-28-18-20(33)29-25(27)30-21(18)39-6/h12-17,19,24H,9-11H2,1-8H3,(H2,28,30,31)(H2,32,33,38);2*12-17,19,24,34,37H,9-11H2,1-8H3,(H2,27,29,30)(H2,31,32,38)/t15?,16?,17-,19?,24-,27+,46?;2*15?,16?,17-,19?,24-,26+,44?/m111/s1. The van der Waals surface area contributed by atoms with E-state index in [0.717, 1.165) is 0 Å². The van der Waals surface area contributed by atoms with Crippen LogP contribution in [0.3, 0.4) is 0 Å². The van der Waals surface area contributed by atoms with Crippen LogP contribution in [0.25, 0.3) is 33.5 Å². The van der Waals surface area contributed by atoms with Gasteiger partial charge in [0.25, 0.3) is 0 Å². The van der Waals surface area contributed by atoms with Crippen molar-refractivity contribution < 1.29 is 148 Å². The predicted octanol–water partition coefficient (Wildman–Crippen LogP) is 3.90. The number of fused-ring (bicyclic) bond motifs is 4. The lowest BCUT2D eigenvalue weighted by molar-refractivity contribution is -0.144. The average molecular weight is 1960 g/mol. The van der Waals surface area contributed by atoms with Crippen molar-refractivity contribution in [2.24, 2.45) is 35.5 Å². The molecule has 6 aromatic rings. The number of nitrogens with two attached hydrogens (primary N) is 3. The third-order valence-corrected chi connectivity index (χ3v) is 27.1. The number of aliphatic hydroxyl groups excluding tert-OH is 2. The van der Waals surface area contributed by atoms with Gasteiger partial charge in [0.15, 0.2) is 63.9 Å². The average Bonchev–Trinajstić information content (AvgIpc) is 1.56. The normalized spacial score (nSPS) is 24.9. The number of methoxy groups -OCH3 is 9. The van der Waals surface area contributed by atoms with Crippen LogP contribution in [0, 0.1) is 35.5 Å². The SMILES string of the molecule is COC(=O)C(CC(C)C)NP(=O)(NC(CC(C)C)C(=O)OC)OC[C@H]1O[C@@H](n2cnc3c(OC)nc(N)nc32)[C@@](C)(O)C1O.COC(=O)C(CC(C)C)NP(=O)(NC(CC(C)C)C(=O)OC)OC[C@H]1O[C@@H](n2cnc3c(OC)nc(N)nc32)[C@@](C)(O)C1O.COC(=O)C(CC(C)C)NP(=O)(NC(CC(C)C)C(=O)OC)OC[C@H]1O[C@@H](n2cnc3c(OC)nc(N)nc32)[C@@]2(C)OC(=O)OC12. The largest absolute Gasteiger partial charge is 0.509 e. The first kappa shape index (κ1) is 110. The van der Waals surface area contributed by atoms with Gasteiger partial charge in [-0.2, -0.15) is 29.9 Å². The van der Waals surface area contributed by atoms with Crippen LogP contribution in [-0.4, -0.2) is 294 Å². The van der Waals surface area contributed by atoms with Gasteiger partial charge in [0, 0.05) is 0 Å². The highest BCUT2D eigenvalue weighted by atomic mass is 31.2. The summed E-state index contributed by atoms with van der Waals surface area (Å²) in [6.07, 6.45) is -6.75. The molecule has 4 saturated heterocycles. The number of aromatic nitrogens is 12. The number of hydrogen-bond acceptors (Lipinski definition) is 43. The second-order valence-electron chi connectivity index (χ2n) is 35.3. The van der Waals surface area contributed by atoms with E-state index in [1.807, 2.05) is 83.1 Å². The molecule has 18 atom stereocenters. The fraction of sp³-hybridized carbons (Fsp3) is 0.722. The minimum absolute atomic E-state index is 0.00623. The maximum absolute atomic E-state index is 14.5. The summed E-state index contributed by atoms with van der Waals surface area (Å²) in [4.78, 5) is 126. The Morgan fingerprint density at radius 1 is 0.403 bits per heavy atom. The van der Waals surface area contributed by atoms with E-state index in [0.29, 0.717) is 0 Å². The molecule has 0 aliphatic carbocycles. The van der Waals surface area contributed by atoms with Gasteiger partial charge in [-0.05, 0) is 94.8 Å². The van der Waals surface area contributed by atoms with E-state index in [9.17, 15) is 67.7 Å². The van der Waals surface area contributed by atoms with Crippen molar-refractivity contribution in [2.75, 3.05) is 101 Å². The van der Waals surface area contributed by atoms with E-state index in [1.165, 1.54) is 111 Å². The summed E-state index contributed by atoms with van der Waals surface area (Å²) in [5.41, 5.74) is 13.6. The number of anilines is 3. The van der Waals surface area contributed by atoms with Crippen LogP contribution in [0.2, 0.25) is 0 Å². The molecule has 0 amide bonds. The third-order valence-electron chi connectivity index (χ3n) is 21.7. The quantitative estimate of drug-likeness (QED) is 0.0146. The van der Waals surface area contributed by atoms with Crippen molar-refractivity contribution >= 4 is 116 Å². The summed E-state index contributed by atoms with van der Waals surface area (Å²) in [5.74, 6) is -4.15. The van der Waals surface area contributed by atoms with Crippen molar-refractivity contribution in [2.45, 2.75) is 251 Å². The van der Waals surface area contributed by atoms with Crippen molar-refractivity contribution in [3.63, 3.8) is 0 Å². The molecule has 4 aliphatic heterocycles. The van der Waals surface area contributed by atoms with Crippen LogP contribution in [0.5, 0.6) is 17.6 Å². The summed E-state index contributed by atoms with van der Waals surface area (Å²) >= 11 is 0. The van der Waals surface area contributed by atoms with Gasteiger partial charge in [0.1, 0.15) is 78.0 Å². The smallest absolute Gasteiger partial charge is 0.479 e. The number of ether oxygens (including phenoxy) is 14. The molecule has 0 saturated carbocycles. The molecule has 752 valence electrons. The van der Waals surface area contributed by atoms with E-state index in [1.54, 1.807) is 6.92 Å². The Kier molecular flexibility index (Phi) is 38.2. The van der Waals surface area contributed by atoms with Gasteiger partial charge in [-0.1, -0.05) is 83.1 Å². The van der Waals surface area contributed by atoms with Crippen LogP contribution in [0.1, 0.15) is 161 Å². The molecule has 0 aromatic carbocycles. The molecular weight excluding hydrogens is 1830 g/mol. The molecule has 9 unspecified atom stereocenters. The second kappa shape index (κ2) is 46.6. The zero-order chi connectivity index (χ0) is 99.9. The molecule has 10 heterocycles. The highest BCUT2D eigenvalue weighted by molar-refractivity contribution is 7.55. The topological polar surface area (TPSA) is 690 Å². The molecule has 10 rings (SSSR count). The Labute approximate surface area is 773 Å². The number of imidazole rings is 3. The maximum Gasteiger partial charge on any atom is 0.509 e. The molecule has 0 radical (unpaired) electrons. The lowest BCUT2D eigenvalue weighted by Gasteiger charge is -2.30. The number of carbonyl (C=O) groups excluding carboxylic acids is 7. The number of aliphatic hydroxyl groups is 4. The van der Waals surface area contributed by atoms with Crippen LogP contribution in [0.4, 0.5) is 22.6 Å². The fourth-order valence-corrected chi connectivity index (χ4v) is 20.8. The molecule has 0 bridgehead atoms. The van der Waals surface area contributed by atoms with E-state index >= 15 is 0 Å². The van der Waals surface area contributed by atoms with Gasteiger partial charge < -0.3 is 118 Å². The number of carbonyl (C=O) groups is 7. The summed E-state index contributed by atoms with van der Waals surface area (Å²) in [6, 6.07) is -6.41. The summed E-state index contributed by atoms with van der Waals surface area (Å²) in [6.45, 7) is 25.2. The highest BCUT2D eigenvalue weighted by Gasteiger charge is 2.65. The van der Waals surface area contributed by atoms with Gasteiger partial charge in [-0.25, -0.2) is 50.3 Å². The van der Waals surface area contributed by atoms with Gasteiger partial charge in [0.2, 0.25) is 35.5 Å². The van der Waals surface area contributed by atoms with Gasteiger partial charge in [0.05, 0.1) is 103 Å². The first-order valence-electron chi connectivity index (χ1n) is 42.9. The molecule has 52 nitrogen and oxygen atoms in total. The predicted molar refractivity (Wildman–Crippen MR) is 475 cm³/mol. The summed E-state index contributed by atoms with van der Waals surface area (Å²) in [7, 11) is -1.44. The van der Waals surface area contributed by atoms with Crippen LogP contribution in [0.15, 0.2) is 19.0 Å². The Morgan fingerprint density at radius 3 is 0.866 bits per heavy atom. The molecule has 55 heteroatoms. The lowest BCUT2D eigenvalue weighted by atomic mass is 9.96. The van der Waals surface area contributed by atoms with Crippen molar-refractivity contribution in [1.29, 1.82) is 0 Å². The fourth-order valence-electron chi connectivity index (χ4n) is 15.4. The summed E-state index contributed by atoms with van der Waals surface area (Å²) in [5, 5.41) is 61.3. The van der Waals surface area contributed by atoms with Crippen molar-refractivity contribution in [3.05, 3.63) is 19.0 Å². The van der Waals surface area contributed by atoms with Crippen molar-refractivity contribution in [3.8, 4) is 17.6 Å². The Balaban J connectivity index is 0.000000247. The number of nitrogens with one attached hydrogen (secondary N) is 6. The first-order valence-corrected chi connectivity index (χ1v) is 47.8. The Hall–Kier alpha value is -9.41. The third kappa shape index (κ3) is 26.7. The molecule has 134 heavy (non-hydrogen) atoms. The minimum Gasteiger partial charge on any atom is -0.479 e. The molecule has 4 aliphatic rings. The zero-order valence-electron chi connectivity index (χ0n) is 79.5. The highest BCUT2D eigenvalue weighted by Crippen LogP contribution is 2.52. The van der Waals surface area contributed by atoms with E-state index in [2.05, 4.69) is 75.4 Å². The lowest BCUT2D eigenvalue weighted by Crippen LogP contribution is -2.47. The van der Waals surface area contributed by atoms with Crippen LogP contribution in [-0.2, 0) is 108 Å². The van der Waals surface area contributed by atoms with Crippen LogP contribution >= 0.6 is 23.0 Å². The number of hydrogen-bond donors (Lipinski definition) is 13. The number of rotatable bonds is 45. The molecular formula is C79H130N21O31P3. The molecule has 16 N–H and O–H groups in total. The van der Waals surface area contributed by atoms with Gasteiger partial charge in [-0.3, -0.25) is 56.2 Å². The van der Waals surface area contributed by atoms with E-state index in [4.69, 9.17) is 97.1 Å². The monoisotopic (exact) mass is 1960 g/mol. The maximum atomic E-state index is 14.5. The zero-order valence-corrected chi connectivity index (χ0v) is 82.2. The second-order valence-corrected chi connectivity index (χ2v) is 40.9. The summed E-state index contributed by atoms with van der Waals surface area (Å²) < 4.78 is 140.